The summed E-state index contributed by atoms with van der Waals surface area (Å²) in [7, 11) is 1.65. The van der Waals surface area contributed by atoms with E-state index in [0.717, 1.165) is 25.7 Å². The number of anilines is 1. The van der Waals surface area contributed by atoms with E-state index in [0.29, 0.717) is 24.7 Å². The standard InChI is InChI=1S/C14H22N4O4/c1-4-22-13(19)14(7-5-6-8-14)9-15-12-11(18(20)21)10(2)16-17(12)3/h15H,4-9H2,1-3H3. The highest BCUT2D eigenvalue weighted by Gasteiger charge is 2.43. The summed E-state index contributed by atoms with van der Waals surface area (Å²) in [6, 6.07) is 0. The molecule has 0 radical (unpaired) electrons. The third-order valence-electron chi connectivity index (χ3n) is 4.24. The molecule has 1 saturated carbocycles. The molecule has 1 fully saturated rings. The van der Waals surface area contributed by atoms with Gasteiger partial charge in [0.2, 0.25) is 5.82 Å². The lowest BCUT2D eigenvalue weighted by Gasteiger charge is -2.26. The van der Waals surface area contributed by atoms with E-state index >= 15 is 0 Å². The normalized spacial score (nSPS) is 16.5. The van der Waals surface area contributed by atoms with E-state index in [4.69, 9.17) is 4.74 Å². The van der Waals surface area contributed by atoms with E-state index < -0.39 is 10.3 Å². The molecule has 22 heavy (non-hydrogen) atoms. The van der Waals surface area contributed by atoms with Crippen molar-refractivity contribution in [3.05, 3.63) is 15.8 Å². The Morgan fingerprint density at radius 1 is 1.50 bits per heavy atom. The monoisotopic (exact) mass is 310 g/mol. The summed E-state index contributed by atoms with van der Waals surface area (Å²) in [5.41, 5.74) is -0.284. The number of nitrogens with one attached hydrogen (secondary N) is 1. The van der Waals surface area contributed by atoms with Gasteiger partial charge >= 0.3 is 11.7 Å². The van der Waals surface area contributed by atoms with Gasteiger partial charge in [0.05, 0.1) is 16.9 Å². The third-order valence-corrected chi connectivity index (χ3v) is 4.24. The van der Waals surface area contributed by atoms with E-state index in [-0.39, 0.29) is 11.7 Å². The first-order valence-electron chi connectivity index (χ1n) is 7.50. The molecule has 0 bridgehead atoms. The minimum Gasteiger partial charge on any atom is -0.466 e. The van der Waals surface area contributed by atoms with Gasteiger partial charge < -0.3 is 10.1 Å². The maximum atomic E-state index is 12.3. The van der Waals surface area contributed by atoms with Crippen molar-refractivity contribution in [2.75, 3.05) is 18.5 Å². The lowest BCUT2D eigenvalue weighted by atomic mass is 9.86. The zero-order valence-electron chi connectivity index (χ0n) is 13.2. The SMILES string of the molecule is CCOC(=O)C1(CNc2c([N+](=O)[O-])c(C)nn2C)CCCC1. The number of aryl methyl sites for hydroxylation is 2. The highest BCUT2D eigenvalue weighted by atomic mass is 16.6. The number of nitrogens with zero attached hydrogens (tertiary/aromatic N) is 3. The van der Waals surface area contributed by atoms with Crippen LogP contribution in [-0.2, 0) is 16.6 Å². The molecule has 8 nitrogen and oxygen atoms in total. The van der Waals surface area contributed by atoms with E-state index in [2.05, 4.69) is 10.4 Å². The van der Waals surface area contributed by atoms with E-state index in [1.165, 1.54) is 4.68 Å². The molecule has 2 rings (SSSR count). The van der Waals surface area contributed by atoms with Crippen molar-refractivity contribution < 1.29 is 14.5 Å². The van der Waals surface area contributed by atoms with Gasteiger partial charge in [-0.3, -0.25) is 14.9 Å². The van der Waals surface area contributed by atoms with Gasteiger partial charge in [0.25, 0.3) is 0 Å². The van der Waals surface area contributed by atoms with E-state index in [1.54, 1.807) is 20.9 Å². The molecule has 1 N–H and O–H groups in total. The second-order valence-corrected chi connectivity index (χ2v) is 5.72. The number of carbonyl (C=O) groups is 1. The number of aromatic nitrogens is 2. The van der Waals surface area contributed by atoms with Crippen LogP contribution in [0.4, 0.5) is 11.5 Å². The molecule has 1 aliphatic rings. The highest BCUT2D eigenvalue weighted by Crippen LogP contribution is 2.40. The van der Waals surface area contributed by atoms with Gasteiger partial charge in [0, 0.05) is 13.6 Å². The number of rotatable bonds is 6. The number of esters is 1. The topological polar surface area (TPSA) is 99.3 Å². The van der Waals surface area contributed by atoms with Crippen LogP contribution in [0.2, 0.25) is 0 Å². The second-order valence-electron chi connectivity index (χ2n) is 5.72. The quantitative estimate of drug-likeness (QED) is 0.491. The molecule has 0 unspecified atom stereocenters. The minimum atomic E-state index is -0.595. The van der Waals surface area contributed by atoms with Gasteiger partial charge in [-0.05, 0) is 26.7 Å². The first kappa shape index (κ1) is 16.3. The van der Waals surface area contributed by atoms with Crippen molar-refractivity contribution in [2.24, 2.45) is 12.5 Å². The summed E-state index contributed by atoms with van der Waals surface area (Å²) in [5, 5.41) is 18.3. The van der Waals surface area contributed by atoms with Crippen LogP contribution in [0.15, 0.2) is 0 Å². The van der Waals surface area contributed by atoms with Gasteiger partial charge in [-0.1, -0.05) is 12.8 Å². The Kier molecular flexibility index (Phi) is 4.68. The molecule has 8 heteroatoms. The third kappa shape index (κ3) is 2.90. The lowest BCUT2D eigenvalue weighted by molar-refractivity contribution is -0.384. The summed E-state index contributed by atoms with van der Waals surface area (Å²) in [4.78, 5) is 23.0. The maximum absolute atomic E-state index is 12.3. The first-order valence-corrected chi connectivity index (χ1v) is 7.50. The zero-order valence-corrected chi connectivity index (χ0v) is 13.2. The summed E-state index contributed by atoms with van der Waals surface area (Å²) in [6.07, 6.45) is 3.41. The van der Waals surface area contributed by atoms with Crippen LogP contribution in [-0.4, -0.2) is 33.8 Å². The lowest BCUT2D eigenvalue weighted by Crippen LogP contribution is -2.37. The molecular formula is C14H22N4O4. The van der Waals surface area contributed by atoms with Gasteiger partial charge in [-0.2, -0.15) is 5.10 Å². The fraction of sp³-hybridized carbons (Fsp3) is 0.714. The van der Waals surface area contributed by atoms with Crippen LogP contribution in [0.3, 0.4) is 0 Å². The Morgan fingerprint density at radius 2 is 2.14 bits per heavy atom. The average Bonchev–Trinajstić information content (AvgIpc) is 3.02. The molecule has 0 atom stereocenters. The van der Waals surface area contributed by atoms with Crippen LogP contribution in [0.1, 0.15) is 38.3 Å². The number of carbonyl (C=O) groups excluding carboxylic acids is 1. The average molecular weight is 310 g/mol. The summed E-state index contributed by atoms with van der Waals surface area (Å²) in [5.74, 6) is 0.111. The molecule has 0 aliphatic heterocycles. The Balaban J connectivity index is 2.20. The van der Waals surface area contributed by atoms with Crippen molar-refractivity contribution in [3.63, 3.8) is 0 Å². The maximum Gasteiger partial charge on any atom is 0.333 e. The van der Waals surface area contributed by atoms with E-state index in [9.17, 15) is 14.9 Å². The Hall–Kier alpha value is -2.12. The molecule has 1 heterocycles. The fourth-order valence-electron chi connectivity index (χ4n) is 3.11. The van der Waals surface area contributed by atoms with Gasteiger partial charge in [0.1, 0.15) is 5.69 Å². The Morgan fingerprint density at radius 3 is 2.68 bits per heavy atom. The van der Waals surface area contributed by atoms with Crippen LogP contribution in [0.5, 0.6) is 0 Å². The molecule has 1 aliphatic carbocycles. The summed E-state index contributed by atoms with van der Waals surface area (Å²) < 4.78 is 6.64. The molecule has 0 amide bonds. The smallest absolute Gasteiger partial charge is 0.333 e. The van der Waals surface area contributed by atoms with Crippen LogP contribution < -0.4 is 5.32 Å². The number of nitro groups is 1. The van der Waals surface area contributed by atoms with Crippen LogP contribution in [0, 0.1) is 22.5 Å². The van der Waals surface area contributed by atoms with Gasteiger partial charge in [0.15, 0.2) is 0 Å². The van der Waals surface area contributed by atoms with Gasteiger partial charge in [-0.15, -0.1) is 0 Å². The second kappa shape index (κ2) is 6.33. The predicted octanol–water partition coefficient (Wildman–Crippen LogP) is 2.17. The fourth-order valence-corrected chi connectivity index (χ4v) is 3.11. The molecule has 122 valence electrons. The zero-order chi connectivity index (χ0) is 16.3. The van der Waals surface area contributed by atoms with E-state index in [1.807, 2.05) is 0 Å². The van der Waals surface area contributed by atoms with Crippen molar-refractivity contribution in [3.8, 4) is 0 Å². The number of ether oxygens (including phenoxy) is 1. The van der Waals surface area contributed by atoms with Crippen molar-refractivity contribution in [1.29, 1.82) is 0 Å². The number of hydrogen-bond acceptors (Lipinski definition) is 6. The first-order chi connectivity index (χ1) is 10.4. The van der Waals surface area contributed by atoms with Crippen molar-refractivity contribution in [1.82, 2.24) is 9.78 Å². The van der Waals surface area contributed by atoms with Crippen LogP contribution in [0.25, 0.3) is 0 Å². The summed E-state index contributed by atoms with van der Waals surface area (Å²) in [6.45, 7) is 4.04. The van der Waals surface area contributed by atoms with Gasteiger partial charge in [-0.25, -0.2) is 4.68 Å². The van der Waals surface area contributed by atoms with Crippen molar-refractivity contribution >= 4 is 17.5 Å². The molecule has 1 aromatic rings. The molecule has 1 aromatic heterocycles. The number of hydrogen-bond donors (Lipinski definition) is 1. The van der Waals surface area contributed by atoms with Crippen LogP contribution >= 0.6 is 0 Å². The minimum absolute atomic E-state index is 0.0421. The molecule has 0 aromatic carbocycles. The largest absolute Gasteiger partial charge is 0.466 e. The Labute approximate surface area is 129 Å². The molecular weight excluding hydrogens is 288 g/mol. The molecule has 0 saturated heterocycles. The highest BCUT2D eigenvalue weighted by molar-refractivity contribution is 5.78. The Bertz CT molecular complexity index is 576. The molecule has 0 spiro atoms. The predicted molar refractivity (Wildman–Crippen MR) is 80.6 cm³/mol. The van der Waals surface area contributed by atoms with Crippen molar-refractivity contribution in [2.45, 2.75) is 39.5 Å². The summed E-state index contributed by atoms with van der Waals surface area (Å²) >= 11 is 0.